The highest BCUT2D eigenvalue weighted by atomic mass is 79.9. The van der Waals surface area contributed by atoms with Crippen molar-refractivity contribution in [2.24, 2.45) is 0 Å². The number of halogens is 1. The molecule has 0 saturated heterocycles. The SMILES string of the molecule is C#Cc1ccc(Br)c(-c2cc(OC)ccc2OC)c1. The van der Waals surface area contributed by atoms with E-state index in [-0.39, 0.29) is 0 Å². The zero-order valence-electron chi connectivity index (χ0n) is 10.7. The van der Waals surface area contributed by atoms with Gasteiger partial charge in [0, 0.05) is 21.2 Å². The number of ether oxygens (including phenoxy) is 2. The van der Waals surface area contributed by atoms with Crippen LogP contribution in [0.5, 0.6) is 11.5 Å². The Kier molecular flexibility index (Phi) is 4.13. The summed E-state index contributed by atoms with van der Waals surface area (Å²) in [5.41, 5.74) is 2.74. The number of terminal acetylenes is 1. The predicted molar refractivity (Wildman–Crippen MR) is 80.6 cm³/mol. The molecule has 0 unspecified atom stereocenters. The molecule has 96 valence electrons. The first-order chi connectivity index (χ1) is 9.19. The molecule has 0 aliphatic heterocycles. The third-order valence-corrected chi connectivity index (χ3v) is 3.52. The van der Waals surface area contributed by atoms with Crippen LogP contribution in [0.1, 0.15) is 5.56 Å². The van der Waals surface area contributed by atoms with Crippen molar-refractivity contribution in [1.82, 2.24) is 0 Å². The third-order valence-electron chi connectivity index (χ3n) is 2.83. The van der Waals surface area contributed by atoms with E-state index in [9.17, 15) is 0 Å². The van der Waals surface area contributed by atoms with Gasteiger partial charge in [-0.1, -0.05) is 21.9 Å². The fourth-order valence-electron chi connectivity index (χ4n) is 1.85. The zero-order chi connectivity index (χ0) is 13.8. The summed E-state index contributed by atoms with van der Waals surface area (Å²) in [5.74, 6) is 4.18. The summed E-state index contributed by atoms with van der Waals surface area (Å²) in [6, 6.07) is 11.4. The van der Waals surface area contributed by atoms with Crippen molar-refractivity contribution in [2.45, 2.75) is 0 Å². The quantitative estimate of drug-likeness (QED) is 0.793. The third kappa shape index (κ3) is 2.74. The first kappa shape index (κ1) is 13.5. The number of methoxy groups -OCH3 is 2. The van der Waals surface area contributed by atoms with Crippen LogP contribution in [0.4, 0.5) is 0 Å². The molecule has 0 aromatic heterocycles. The van der Waals surface area contributed by atoms with Gasteiger partial charge in [-0.2, -0.15) is 0 Å². The maximum Gasteiger partial charge on any atom is 0.126 e. The van der Waals surface area contributed by atoms with E-state index in [1.54, 1.807) is 14.2 Å². The smallest absolute Gasteiger partial charge is 0.126 e. The molecule has 0 bridgehead atoms. The van der Waals surface area contributed by atoms with E-state index in [1.807, 2.05) is 36.4 Å². The molecule has 0 amide bonds. The standard InChI is InChI=1S/C16H13BrO2/c1-4-11-5-7-15(17)13(9-11)14-10-12(18-2)6-8-16(14)19-3/h1,5-10H,2-3H3. The molecule has 0 saturated carbocycles. The van der Waals surface area contributed by atoms with Crippen LogP contribution in [0, 0.1) is 12.3 Å². The van der Waals surface area contributed by atoms with Crippen LogP contribution in [-0.4, -0.2) is 14.2 Å². The number of rotatable bonds is 3. The summed E-state index contributed by atoms with van der Waals surface area (Å²) in [6.45, 7) is 0. The zero-order valence-corrected chi connectivity index (χ0v) is 12.3. The van der Waals surface area contributed by atoms with Gasteiger partial charge in [-0.3, -0.25) is 0 Å². The summed E-state index contributed by atoms with van der Waals surface area (Å²) in [4.78, 5) is 0. The minimum absolute atomic E-state index is 0.772. The molecule has 0 N–H and O–H groups in total. The fourth-order valence-corrected chi connectivity index (χ4v) is 2.31. The van der Waals surface area contributed by atoms with Crippen LogP contribution in [0.3, 0.4) is 0 Å². The summed E-state index contributed by atoms with van der Waals surface area (Å²) in [5, 5.41) is 0. The molecule has 0 radical (unpaired) electrons. The summed E-state index contributed by atoms with van der Waals surface area (Å²) in [7, 11) is 3.28. The van der Waals surface area contributed by atoms with E-state index in [0.717, 1.165) is 32.7 Å². The topological polar surface area (TPSA) is 18.5 Å². The van der Waals surface area contributed by atoms with Gasteiger partial charge >= 0.3 is 0 Å². The van der Waals surface area contributed by atoms with Crippen molar-refractivity contribution < 1.29 is 9.47 Å². The van der Waals surface area contributed by atoms with Crippen LogP contribution in [0.15, 0.2) is 40.9 Å². The average molecular weight is 317 g/mol. The average Bonchev–Trinajstić information content (AvgIpc) is 2.47. The Morgan fingerprint density at radius 3 is 2.42 bits per heavy atom. The van der Waals surface area contributed by atoms with Crippen LogP contribution in [-0.2, 0) is 0 Å². The summed E-state index contributed by atoms with van der Waals surface area (Å²) >= 11 is 3.54. The molecule has 2 rings (SSSR count). The normalized spacial score (nSPS) is 9.79. The maximum absolute atomic E-state index is 5.45. The Bertz CT molecular complexity index is 642. The molecule has 2 aromatic carbocycles. The molecule has 3 heteroatoms. The first-order valence-corrected chi connectivity index (χ1v) is 6.47. The van der Waals surface area contributed by atoms with Gasteiger partial charge in [0.15, 0.2) is 0 Å². The lowest BCUT2D eigenvalue weighted by Crippen LogP contribution is -1.91. The minimum atomic E-state index is 0.772. The molecule has 19 heavy (non-hydrogen) atoms. The second kappa shape index (κ2) is 5.81. The number of benzene rings is 2. The van der Waals surface area contributed by atoms with E-state index in [0.29, 0.717) is 0 Å². The van der Waals surface area contributed by atoms with Gasteiger partial charge in [0.1, 0.15) is 11.5 Å². The lowest BCUT2D eigenvalue weighted by atomic mass is 10.0. The minimum Gasteiger partial charge on any atom is -0.497 e. The van der Waals surface area contributed by atoms with E-state index in [2.05, 4.69) is 21.9 Å². The first-order valence-electron chi connectivity index (χ1n) is 5.68. The summed E-state index contributed by atoms with van der Waals surface area (Å²) < 4.78 is 11.6. The molecule has 2 aromatic rings. The lowest BCUT2D eigenvalue weighted by molar-refractivity contribution is 0.404. The molecule has 0 spiro atoms. The van der Waals surface area contributed by atoms with Gasteiger partial charge in [-0.25, -0.2) is 0 Å². The van der Waals surface area contributed by atoms with Crippen molar-refractivity contribution in [3.8, 4) is 35.0 Å². The van der Waals surface area contributed by atoms with E-state index < -0.39 is 0 Å². The van der Waals surface area contributed by atoms with Gasteiger partial charge in [0.25, 0.3) is 0 Å². The van der Waals surface area contributed by atoms with Crippen LogP contribution in [0.25, 0.3) is 11.1 Å². The predicted octanol–water partition coefficient (Wildman–Crippen LogP) is 4.11. The summed E-state index contributed by atoms with van der Waals surface area (Å²) in [6.07, 6.45) is 5.45. The van der Waals surface area contributed by atoms with Gasteiger partial charge in [-0.05, 0) is 36.4 Å². The van der Waals surface area contributed by atoms with E-state index in [4.69, 9.17) is 15.9 Å². The Morgan fingerprint density at radius 1 is 1.00 bits per heavy atom. The van der Waals surface area contributed by atoms with Crippen molar-refractivity contribution >= 4 is 15.9 Å². The highest BCUT2D eigenvalue weighted by Crippen LogP contribution is 2.37. The molecule has 2 nitrogen and oxygen atoms in total. The van der Waals surface area contributed by atoms with Crippen LogP contribution >= 0.6 is 15.9 Å². The lowest BCUT2D eigenvalue weighted by Gasteiger charge is -2.12. The highest BCUT2D eigenvalue weighted by molar-refractivity contribution is 9.10. The molecule has 0 heterocycles. The van der Waals surface area contributed by atoms with Gasteiger partial charge in [0.05, 0.1) is 14.2 Å². The van der Waals surface area contributed by atoms with E-state index >= 15 is 0 Å². The van der Waals surface area contributed by atoms with Gasteiger partial charge in [-0.15, -0.1) is 6.42 Å². The monoisotopic (exact) mass is 316 g/mol. The van der Waals surface area contributed by atoms with Crippen molar-refractivity contribution in [1.29, 1.82) is 0 Å². The van der Waals surface area contributed by atoms with Crippen LogP contribution < -0.4 is 9.47 Å². The van der Waals surface area contributed by atoms with Crippen LogP contribution in [0.2, 0.25) is 0 Å². The highest BCUT2D eigenvalue weighted by Gasteiger charge is 2.11. The van der Waals surface area contributed by atoms with Gasteiger partial charge < -0.3 is 9.47 Å². The Balaban J connectivity index is 2.66. The second-order valence-corrected chi connectivity index (χ2v) is 4.76. The van der Waals surface area contributed by atoms with Gasteiger partial charge in [0.2, 0.25) is 0 Å². The molecule has 0 fully saturated rings. The maximum atomic E-state index is 5.45. The molecule has 0 atom stereocenters. The van der Waals surface area contributed by atoms with Crippen molar-refractivity contribution in [3.63, 3.8) is 0 Å². The Morgan fingerprint density at radius 2 is 1.79 bits per heavy atom. The molecular weight excluding hydrogens is 304 g/mol. The largest absolute Gasteiger partial charge is 0.497 e. The molecular formula is C16H13BrO2. The molecule has 0 aliphatic carbocycles. The van der Waals surface area contributed by atoms with Crippen molar-refractivity contribution in [2.75, 3.05) is 14.2 Å². The second-order valence-electron chi connectivity index (χ2n) is 3.91. The Labute approximate surface area is 121 Å². The number of hydrogen-bond donors (Lipinski definition) is 0. The fraction of sp³-hybridized carbons (Fsp3) is 0.125. The molecule has 0 aliphatic rings. The number of hydrogen-bond acceptors (Lipinski definition) is 2. The van der Waals surface area contributed by atoms with E-state index in [1.165, 1.54) is 0 Å². The van der Waals surface area contributed by atoms with Crippen molar-refractivity contribution in [3.05, 3.63) is 46.4 Å². The Hall–Kier alpha value is -1.92.